The summed E-state index contributed by atoms with van der Waals surface area (Å²) in [6.07, 6.45) is 1.87. The van der Waals surface area contributed by atoms with Gasteiger partial charge in [-0.15, -0.1) is 0 Å². The number of anilines is 1. The number of pyridine rings is 1. The average molecular weight is 307 g/mol. The second kappa shape index (κ2) is 6.01. The first-order valence-corrected chi connectivity index (χ1v) is 8.16. The van der Waals surface area contributed by atoms with Crippen LogP contribution in [0.2, 0.25) is 0 Å². The second-order valence-electron chi connectivity index (χ2n) is 6.03. The number of aromatic amines is 1. The maximum absolute atomic E-state index is 4.70. The third kappa shape index (κ3) is 2.80. The van der Waals surface area contributed by atoms with Crippen molar-refractivity contribution in [1.82, 2.24) is 19.9 Å². The van der Waals surface area contributed by atoms with Gasteiger partial charge in [0.05, 0.1) is 16.7 Å². The van der Waals surface area contributed by atoms with E-state index in [-0.39, 0.29) is 0 Å². The van der Waals surface area contributed by atoms with Crippen molar-refractivity contribution in [2.75, 3.05) is 31.1 Å². The highest BCUT2D eigenvalue weighted by Gasteiger charge is 2.24. The lowest BCUT2D eigenvalue weighted by molar-refractivity contribution is 0.194. The Morgan fingerprint density at radius 1 is 1.00 bits per heavy atom. The van der Waals surface area contributed by atoms with Crippen molar-refractivity contribution in [3.63, 3.8) is 0 Å². The highest BCUT2D eigenvalue weighted by Crippen LogP contribution is 2.22. The number of benzene rings is 1. The van der Waals surface area contributed by atoms with Crippen LogP contribution in [0.15, 0.2) is 48.7 Å². The molecule has 0 amide bonds. The van der Waals surface area contributed by atoms with E-state index in [2.05, 4.69) is 51.0 Å². The summed E-state index contributed by atoms with van der Waals surface area (Å²) in [5.74, 6) is 0.983. The lowest BCUT2D eigenvalue weighted by Crippen LogP contribution is -2.47. The van der Waals surface area contributed by atoms with E-state index in [9.17, 15) is 0 Å². The van der Waals surface area contributed by atoms with E-state index in [4.69, 9.17) is 4.98 Å². The summed E-state index contributed by atoms with van der Waals surface area (Å²) in [6.45, 7) is 6.25. The first-order valence-electron chi connectivity index (χ1n) is 8.16. The zero-order valence-electron chi connectivity index (χ0n) is 13.3. The van der Waals surface area contributed by atoms with Gasteiger partial charge in [-0.25, -0.2) is 4.98 Å². The summed E-state index contributed by atoms with van der Waals surface area (Å²) < 4.78 is 0. The van der Waals surface area contributed by atoms with Crippen molar-refractivity contribution in [3.05, 3.63) is 54.4 Å². The van der Waals surface area contributed by atoms with Gasteiger partial charge < -0.3 is 9.88 Å². The van der Waals surface area contributed by atoms with Crippen LogP contribution in [-0.4, -0.2) is 46.0 Å². The zero-order chi connectivity index (χ0) is 15.6. The van der Waals surface area contributed by atoms with E-state index >= 15 is 0 Å². The first kappa shape index (κ1) is 14.2. The van der Waals surface area contributed by atoms with Crippen LogP contribution >= 0.6 is 0 Å². The Kier molecular flexibility index (Phi) is 3.71. The molecule has 1 atom stereocenters. The number of piperazine rings is 1. The zero-order valence-corrected chi connectivity index (χ0v) is 13.3. The molecule has 23 heavy (non-hydrogen) atoms. The summed E-state index contributed by atoms with van der Waals surface area (Å²) in [5.41, 5.74) is 3.28. The smallest absolute Gasteiger partial charge is 0.203 e. The van der Waals surface area contributed by atoms with Gasteiger partial charge in [-0.05, 0) is 31.2 Å². The van der Waals surface area contributed by atoms with Crippen molar-refractivity contribution >= 4 is 17.0 Å². The molecule has 5 heteroatoms. The maximum Gasteiger partial charge on any atom is 0.203 e. The quantitative estimate of drug-likeness (QED) is 0.808. The molecule has 1 unspecified atom stereocenters. The van der Waals surface area contributed by atoms with Gasteiger partial charge in [0.2, 0.25) is 5.95 Å². The lowest BCUT2D eigenvalue weighted by atomic mass is 10.1. The van der Waals surface area contributed by atoms with E-state index in [1.807, 2.05) is 24.4 Å². The molecule has 1 aliphatic heterocycles. The molecule has 1 aromatic carbocycles. The molecule has 1 saturated heterocycles. The van der Waals surface area contributed by atoms with Crippen LogP contribution in [0.5, 0.6) is 0 Å². The number of aromatic nitrogens is 3. The van der Waals surface area contributed by atoms with Crippen LogP contribution in [0.4, 0.5) is 5.95 Å². The Morgan fingerprint density at radius 2 is 1.78 bits per heavy atom. The number of hydrogen-bond donors (Lipinski definition) is 1. The molecule has 1 N–H and O–H groups in total. The van der Waals surface area contributed by atoms with E-state index < -0.39 is 0 Å². The fourth-order valence-corrected chi connectivity index (χ4v) is 3.22. The van der Waals surface area contributed by atoms with Gasteiger partial charge in [-0.1, -0.05) is 18.2 Å². The monoisotopic (exact) mass is 307 g/mol. The van der Waals surface area contributed by atoms with Gasteiger partial charge in [0, 0.05) is 38.4 Å². The predicted octanol–water partition coefficient (Wildman–Crippen LogP) is 2.84. The number of hydrogen-bond acceptors (Lipinski definition) is 4. The lowest BCUT2D eigenvalue weighted by Gasteiger charge is -2.37. The van der Waals surface area contributed by atoms with E-state index in [0.717, 1.165) is 48.9 Å². The van der Waals surface area contributed by atoms with Gasteiger partial charge in [0.25, 0.3) is 0 Å². The molecule has 0 aliphatic carbocycles. The molecule has 4 rings (SSSR count). The Balaban J connectivity index is 1.44. The number of fused-ring (bicyclic) bond motifs is 1. The van der Waals surface area contributed by atoms with Crippen LogP contribution < -0.4 is 4.90 Å². The highest BCUT2D eigenvalue weighted by molar-refractivity contribution is 5.77. The topological polar surface area (TPSA) is 48.1 Å². The Morgan fingerprint density at radius 3 is 2.52 bits per heavy atom. The van der Waals surface area contributed by atoms with Crippen LogP contribution in [0.3, 0.4) is 0 Å². The normalized spacial score (nSPS) is 17.5. The van der Waals surface area contributed by atoms with Crippen LogP contribution in [0.1, 0.15) is 18.7 Å². The summed E-state index contributed by atoms with van der Waals surface area (Å²) in [6, 6.07) is 14.7. The Labute approximate surface area is 136 Å². The summed E-state index contributed by atoms with van der Waals surface area (Å²) in [5, 5.41) is 0. The first-order chi connectivity index (χ1) is 11.3. The minimum Gasteiger partial charge on any atom is -0.340 e. The average Bonchev–Trinajstić information content (AvgIpc) is 3.06. The molecule has 3 heterocycles. The molecule has 0 saturated carbocycles. The Bertz CT molecular complexity index is 741. The number of H-pyrrole nitrogens is 1. The standard InChI is InChI=1S/C18H21N5/c1-14(15-6-4-5-9-19-15)22-10-12-23(13-11-22)18-20-16-7-2-3-8-17(16)21-18/h2-9,14H,10-13H2,1H3,(H,20,21). The molecule has 1 fully saturated rings. The number of rotatable bonds is 3. The molecule has 5 nitrogen and oxygen atoms in total. The van der Waals surface area contributed by atoms with Crippen LogP contribution in [0, 0.1) is 0 Å². The van der Waals surface area contributed by atoms with Crippen molar-refractivity contribution < 1.29 is 0 Å². The van der Waals surface area contributed by atoms with Gasteiger partial charge in [0.1, 0.15) is 0 Å². The summed E-state index contributed by atoms with van der Waals surface area (Å²) in [7, 11) is 0. The predicted molar refractivity (Wildman–Crippen MR) is 92.5 cm³/mol. The molecule has 0 spiro atoms. The molecule has 118 valence electrons. The van der Waals surface area contributed by atoms with E-state index in [1.54, 1.807) is 0 Å². The minimum absolute atomic E-state index is 0.356. The molecule has 0 radical (unpaired) electrons. The van der Waals surface area contributed by atoms with Gasteiger partial charge >= 0.3 is 0 Å². The van der Waals surface area contributed by atoms with Gasteiger partial charge in [-0.3, -0.25) is 9.88 Å². The minimum atomic E-state index is 0.356. The number of nitrogens with one attached hydrogen (secondary N) is 1. The van der Waals surface area contributed by atoms with E-state index in [1.165, 1.54) is 0 Å². The summed E-state index contributed by atoms with van der Waals surface area (Å²) in [4.78, 5) is 17.4. The third-order valence-electron chi connectivity index (χ3n) is 4.65. The van der Waals surface area contributed by atoms with Crippen molar-refractivity contribution in [2.24, 2.45) is 0 Å². The number of para-hydroxylation sites is 2. The fourth-order valence-electron chi connectivity index (χ4n) is 3.22. The number of imidazole rings is 1. The SMILES string of the molecule is CC(c1ccccn1)N1CCN(c2nc3ccccc3[nH]2)CC1. The largest absolute Gasteiger partial charge is 0.340 e. The van der Waals surface area contributed by atoms with Gasteiger partial charge in [-0.2, -0.15) is 0 Å². The maximum atomic E-state index is 4.70. The molecular formula is C18H21N5. The summed E-state index contributed by atoms with van der Waals surface area (Å²) >= 11 is 0. The second-order valence-corrected chi connectivity index (χ2v) is 6.03. The third-order valence-corrected chi connectivity index (χ3v) is 4.65. The Hall–Kier alpha value is -2.40. The fraction of sp³-hybridized carbons (Fsp3) is 0.333. The van der Waals surface area contributed by atoms with Crippen LogP contribution in [-0.2, 0) is 0 Å². The molecule has 2 aromatic heterocycles. The van der Waals surface area contributed by atoms with Gasteiger partial charge in [0.15, 0.2) is 0 Å². The highest BCUT2D eigenvalue weighted by atomic mass is 15.3. The molecular weight excluding hydrogens is 286 g/mol. The van der Waals surface area contributed by atoms with Crippen molar-refractivity contribution in [1.29, 1.82) is 0 Å². The molecule has 0 bridgehead atoms. The van der Waals surface area contributed by atoms with Crippen molar-refractivity contribution in [2.45, 2.75) is 13.0 Å². The molecule has 1 aliphatic rings. The van der Waals surface area contributed by atoms with Crippen LogP contribution in [0.25, 0.3) is 11.0 Å². The number of nitrogens with zero attached hydrogens (tertiary/aromatic N) is 4. The molecule has 3 aromatic rings. The van der Waals surface area contributed by atoms with Crippen molar-refractivity contribution in [3.8, 4) is 0 Å². The van der Waals surface area contributed by atoms with E-state index in [0.29, 0.717) is 6.04 Å².